The van der Waals surface area contributed by atoms with E-state index < -0.39 is 0 Å². The zero-order valence-electron chi connectivity index (χ0n) is 15.0. The predicted octanol–water partition coefficient (Wildman–Crippen LogP) is 4.36. The number of halogens is 1. The fourth-order valence-corrected chi connectivity index (χ4v) is 4.14. The lowest BCUT2D eigenvalue weighted by Gasteiger charge is -2.31. The number of para-hydroxylation sites is 1. The topological polar surface area (TPSA) is 34.5 Å². The molecule has 0 bridgehead atoms. The van der Waals surface area contributed by atoms with Crippen LogP contribution in [0.4, 0.5) is 5.69 Å². The number of carbonyl (C=O) groups is 1. The highest BCUT2D eigenvalue weighted by Crippen LogP contribution is 2.40. The zero-order valence-corrected chi connectivity index (χ0v) is 15.7. The molecule has 2 aromatic carbocycles. The van der Waals surface area contributed by atoms with E-state index in [9.17, 15) is 4.79 Å². The fourth-order valence-electron chi connectivity index (χ4n) is 3.89. The van der Waals surface area contributed by atoms with Gasteiger partial charge in [-0.1, -0.05) is 29.8 Å². The maximum absolute atomic E-state index is 13.2. The average molecular weight is 369 g/mol. The number of benzene rings is 2. The van der Waals surface area contributed by atoms with Gasteiger partial charge in [0.25, 0.3) is 0 Å². The summed E-state index contributed by atoms with van der Waals surface area (Å²) in [5, 5.41) is 1.82. The zero-order chi connectivity index (χ0) is 18.3. The molecule has 1 aliphatic heterocycles. The lowest BCUT2D eigenvalue weighted by Crippen LogP contribution is -2.37. The fraction of sp³-hybridized carbons (Fsp3) is 0.286. The van der Waals surface area contributed by atoms with Gasteiger partial charge in [0, 0.05) is 35.7 Å². The van der Waals surface area contributed by atoms with Crippen LogP contribution in [0.5, 0.6) is 5.75 Å². The number of aryl methyl sites for hydroxylation is 1. The van der Waals surface area contributed by atoms with Gasteiger partial charge in [0.05, 0.1) is 19.2 Å². The number of ether oxygens (including phenoxy) is 1. The summed E-state index contributed by atoms with van der Waals surface area (Å²) >= 11 is 6.39. The smallest absolute Gasteiger partial charge is 0.231 e. The van der Waals surface area contributed by atoms with Crippen LogP contribution in [0.1, 0.15) is 17.5 Å². The number of rotatable bonds is 3. The number of nitrogens with zero attached hydrogens (tertiary/aromatic N) is 2. The first kappa shape index (κ1) is 17.0. The highest BCUT2D eigenvalue weighted by atomic mass is 35.5. The summed E-state index contributed by atoms with van der Waals surface area (Å²) in [5.41, 5.74) is 4.01. The normalized spacial score (nSPS) is 13.7. The third kappa shape index (κ3) is 2.74. The molecular weight excluding hydrogens is 348 g/mol. The summed E-state index contributed by atoms with van der Waals surface area (Å²) in [4.78, 5) is 15.0. The Morgan fingerprint density at radius 2 is 2.04 bits per heavy atom. The Hall–Kier alpha value is -2.46. The number of fused-ring (bicyclic) bond motifs is 2. The van der Waals surface area contributed by atoms with Crippen LogP contribution in [-0.2, 0) is 24.7 Å². The van der Waals surface area contributed by atoms with Crippen molar-refractivity contribution in [2.24, 2.45) is 7.05 Å². The molecular formula is C21H21ClN2O2. The van der Waals surface area contributed by atoms with Gasteiger partial charge in [-0.3, -0.25) is 4.79 Å². The first-order chi connectivity index (χ1) is 12.6. The van der Waals surface area contributed by atoms with Gasteiger partial charge >= 0.3 is 0 Å². The molecule has 4 nitrogen and oxygen atoms in total. The van der Waals surface area contributed by atoms with Crippen molar-refractivity contribution in [1.82, 2.24) is 4.57 Å². The second-order valence-corrected chi connectivity index (χ2v) is 7.09. The van der Waals surface area contributed by atoms with Crippen LogP contribution < -0.4 is 9.64 Å². The molecule has 2 heterocycles. The van der Waals surface area contributed by atoms with Crippen LogP contribution in [-0.4, -0.2) is 24.1 Å². The SMILES string of the molecule is COc1ccc(Cl)c2c1N(C(=O)Cc1cn(C)c3ccccc13)CCC2. The van der Waals surface area contributed by atoms with E-state index in [1.165, 1.54) is 0 Å². The number of methoxy groups -OCH3 is 1. The average Bonchev–Trinajstić information content (AvgIpc) is 2.98. The third-order valence-corrected chi connectivity index (χ3v) is 5.46. The monoisotopic (exact) mass is 368 g/mol. The second-order valence-electron chi connectivity index (χ2n) is 6.68. The van der Waals surface area contributed by atoms with Crippen molar-refractivity contribution < 1.29 is 9.53 Å². The largest absolute Gasteiger partial charge is 0.495 e. The number of hydrogen-bond acceptors (Lipinski definition) is 2. The van der Waals surface area contributed by atoms with Gasteiger partial charge in [-0.05, 0) is 42.2 Å². The van der Waals surface area contributed by atoms with Crippen molar-refractivity contribution in [2.45, 2.75) is 19.3 Å². The summed E-state index contributed by atoms with van der Waals surface area (Å²) in [5.74, 6) is 0.776. The molecule has 26 heavy (non-hydrogen) atoms. The Labute approximate surface area is 157 Å². The first-order valence-electron chi connectivity index (χ1n) is 8.79. The van der Waals surface area contributed by atoms with Crippen LogP contribution >= 0.6 is 11.6 Å². The van der Waals surface area contributed by atoms with Crippen molar-refractivity contribution in [1.29, 1.82) is 0 Å². The van der Waals surface area contributed by atoms with Crippen LogP contribution in [0, 0.1) is 0 Å². The molecule has 0 radical (unpaired) electrons. The molecule has 5 heteroatoms. The van der Waals surface area contributed by atoms with E-state index in [1.807, 2.05) is 42.4 Å². The van der Waals surface area contributed by atoms with Gasteiger partial charge in [-0.25, -0.2) is 0 Å². The number of hydrogen-bond donors (Lipinski definition) is 0. The van der Waals surface area contributed by atoms with E-state index in [-0.39, 0.29) is 5.91 Å². The highest BCUT2D eigenvalue weighted by Gasteiger charge is 2.28. The third-order valence-electron chi connectivity index (χ3n) is 5.11. The molecule has 0 fully saturated rings. The minimum atomic E-state index is 0.0721. The molecule has 0 N–H and O–H groups in total. The summed E-state index contributed by atoms with van der Waals surface area (Å²) in [6, 6.07) is 11.8. The van der Waals surface area contributed by atoms with E-state index in [1.54, 1.807) is 7.11 Å². The second kappa shape index (κ2) is 6.69. The van der Waals surface area contributed by atoms with Crippen LogP contribution in [0.2, 0.25) is 5.02 Å². The van der Waals surface area contributed by atoms with E-state index in [2.05, 4.69) is 16.7 Å². The predicted molar refractivity (Wildman–Crippen MR) is 105 cm³/mol. The molecule has 3 aromatic rings. The van der Waals surface area contributed by atoms with Gasteiger partial charge < -0.3 is 14.2 Å². The van der Waals surface area contributed by atoms with E-state index in [0.29, 0.717) is 23.7 Å². The molecule has 4 rings (SSSR count). The van der Waals surface area contributed by atoms with Crippen LogP contribution in [0.15, 0.2) is 42.6 Å². The maximum atomic E-state index is 13.2. The summed E-state index contributed by atoms with van der Waals surface area (Å²) < 4.78 is 7.58. The molecule has 0 unspecified atom stereocenters. The van der Waals surface area contributed by atoms with E-state index in [4.69, 9.17) is 16.3 Å². The number of anilines is 1. The van der Waals surface area contributed by atoms with E-state index >= 15 is 0 Å². The van der Waals surface area contributed by atoms with Crippen molar-refractivity contribution in [3.05, 3.63) is 58.7 Å². The Balaban J connectivity index is 1.71. The van der Waals surface area contributed by atoms with Gasteiger partial charge in [0.2, 0.25) is 5.91 Å². The summed E-state index contributed by atoms with van der Waals surface area (Å²) in [6.45, 7) is 0.688. The molecule has 1 aromatic heterocycles. The highest BCUT2D eigenvalue weighted by molar-refractivity contribution is 6.32. The van der Waals surface area contributed by atoms with Crippen molar-refractivity contribution >= 4 is 34.1 Å². The van der Waals surface area contributed by atoms with Crippen LogP contribution in [0.25, 0.3) is 10.9 Å². The maximum Gasteiger partial charge on any atom is 0.231 e. The lowest BCUT2D eigenvalue weighted by molar-refractivity contribution is -0.118. The molecule has 0 atom stereocenters. The molecule has 134 valence electrons. The number of amides is 1. The van der Waals surface area contributed by atoms with Gasteiger partial charge in [0.1, 0.15) is 5.75 Å². The van der Waals surface area contributed by atoms with Crippen LogP contribution in [0.3, 0.4) is 0 Å². The lowest BCUT2D eigenvalue weighted by atomic mass is 9.99. The van der Waals surface area contributed by atoms with Gasteiger partial charge in [-0.2, -0.15) is 0 Å². The van der Waals surface area contributed by atoms with Gasteiger partial charge in [-0.15, -0.1) is 0 Å². The molecule has 0 saturated carbocycles. The Morgan fingerprint density at radius 3 is 2.85 bits per heavy atom. The van der Waals surface area contributed by atoms with E-state index in [0.717, 1.165) is 40.6 Å². The Bertz CT molecular complexity index is 993. The van der Waals surface area contributed by atoms with Crippen molar-refractivity contribution in [3.8, 4) is 5.75 Å². The Morgan fingerprint density at radius 1 is 1.23 bits per heavy atom. The quantitative estimate of drug-likeness (QED) is 0.688. The van der Waals surface area contributed by atoms with Crippen molar-refractivity contribution in [2.75, 3.05) is 18.6 Å². The molecule has 0 spiro atoms. The molecule has 0 aliphatic carbocycles. The van der Waals surface area contributed by atoms with Gasteiger partial charge in [0.15, 0.2) is 0 Å². The Kier molecular flexibility index (Phi) is 4.37. The minimum Gasteiger partial charge on any atom is -0.495 e. The summed E-state index contributed by atoms with van der Waals surface area (Å²) in [6.07, 6.45) is 4.17. The standard InChI is InChI=1S/C21H21ClN2O2/c1-23-13-14(15-6-3-4-8-18(15)23)12-20(25)24-11-5-7-16-17(22)9-10-19(26-2)21(16)24/h3-4,6,8-10,13H,5,7,11-12H2,1-2H3. The number of carbonyl (C=O) groups excluding carboxylic acids is 1. The minimum absolute atomic E-state index is 0.0721. The number of aromatic nitrogens is 1. The molecule has 0 saturated heterocycles. The first-order valence-corrected chi connectivity index (χ1v) is 9.16. The van der Waals surface area contributed by atoms with Crippen molar-refractivity contribution in [3.63, 3.8) is 0 Å². The molecule has 1 aliphatic rings. The molecule has 1 amide bonds. The summed E-state index contributed by atoms with van der Waals surface area (Å²) in [7, 11) is 3.64.